The first-order valence-electron chi connectivity index (χ1n) is 8.93. The Balaban J connectivity index is 1.71. The second-order valence-electron chi connectivity index (χ2n) is 6.52. The number of benzene rings is 1. The second kappa shape index (κ2) is 8.58. The fourth-order valence-corrected chi connectivity index (χ4v) is 3.13. The SMILES string of the molecule is C/C(=N\NC(=O)c1ccncc1)c1cccc(CN2CCCCC2)c1O. The topological polar surface area (TPSA) is 77.8 Å². The van der Waals surface area contributed by atoms with Gasteiger partial charge in [0.15, 0.2) is 0 Å². The van der Waals surface area contributed by atoms with Gasteiger partial charge in [0.2, 0.25) is 0 Å². The summed E-state index contributed by atoms with van der Waals surface area (Å²) < 4.78 is 0. The van der Waals surface area contributed by atoms with E-state index in [0.717, 1.165) is 25.2 Å². The first kappa shape index (κ1) is 18.1. The van der Waals surface area contributed by atoms with Crippen molar-refractivity contribution in [1.82, 2.24) is 15.3 Å². The van der Waals surface area contributed by atoms with Gasteiger partial charge in [-0.3, -0.25) is 14.7 Å². The van der Waals surface area contributed by atoms with Crippen LogP contribution in [-0.4, -0.2) is 39.7 Å². The van der Waals surface area contributed by atoms with Crippen LogP contribution in [0.2, 0.25) is 0 Å². The highest BCUT2D eigenvalue weighted by molar-refractivity contribution is 6.02. The highest BCUT2D eigenvalue weighted by Crippen LogP contribution is 2.25. The van der Waals surface area contributed by atoms with Gasteiger partial charge < -0.3 is 5.11 Å². The summed E-state index contributed by atoms with van der Waals surface area (Å²) in [5.74, 6) is -0.0757. The van der Waals surface area contributed by atoms with E-state index in [2.05, 4.69) is 20.4 Å². The van der Waals surface area contributed by atoms with Crippen LogP contribution in [0.3, 0.4) is 0 Å². The molecule has 136 valence electrons. The number of hydrogen-bond acceptors (Lipinski definition) is 5. The zero-order valence-electron chi connectivity index (χ0n) is 15.0. The van der Waals surface area contributed by atoms with Gasteiger partial charge in [-0.25, -0.2) is 5.43 Å². The number of carbonyl (C=O) groups is 1. The molecular weight excluding hydrogens is 328 g/mol. The number of aromatic hydroxyl groups is 1. The molecule has 1 aliphatic heterocycles. The van der Waals surface area contributed by atoms with E-state index in [1.807, 2.05) is 18.2 Å². The van der Waals surface area contributed by atoms with E-state index in [-0.39, 0.29) is 11.7 Å². The molecule has 3 rings (SSSR count). The third kappa shape index (κ3) is 4.46. The molecule has 2 heterocycles. The van der Waals surface area contributed by atoms with Gasteiger partial charge >= 0.3 is 0 Å². The van der Waals surface area contributed by atoms with E-state index in [1.54, 1.807) is 31.5 Å². The Hall–Kier alpha value is -2.73. The fourth-order valence-electron chi connectivity index (χ4n) is 3.13. The monoisotopic (exact) mass is 352 g/mol. The molecule has 6 nitrogen and oxygen atoms in total. The van der Waals surface area contributed by atoms with Crippen LogP contribution in [0.25, 0.3) is 0 Å². The first-order valence-corrected chi connectivity index (χ1v) is 8.93. The molecule has 0 saturated carbocycles. The number of phenols is 1. The Bertz CT molecular complexity index is 784. The fraction of sp³-hybridized carbons (Fsp3) is 0.350. The minimum Gasteiger partial charge on any atom is -0.507 e. The van der Waals surface area contributed by atoms with E-state index in [0.29, 0.717) is 16.8 Å². The van der Waals surface area contributed by atoms with Crippen LogP contribution in [-0.2, 0) is 6.54 Å². The molecule has 1 amide bonds. The molecule has 0 radical (unpaired) electrons. The maximum Gasteiger partial charge on any atom is 0.271 e. The van der Waals surface area contributed by atoms with Crippen LogP contribution >= 0.6 is 0 Å². The summed E-state index contributed by atoms with van der Waals surface area (Å²) in [6.45, 7) is 4.64. The number of nitrogens with one attached hydrogen (secondary N) is 1. The van der Waals surface area contributed by atoms with Crippen molar-refractivity contribution in [2.75, 3.05) is 13.1 Å². The van der Waals surface area contributed by atoms with E-state index in [9.17, 15) is 9.90 Å². The predicted molar refractivity (Wildman–Crippen MR) is 101 cm³/mol. The Morgan fingerprint density at radius 1 is 1.19 bits per heavy atom. The molecule has 1 aliphatic rings. The zero-order chi connectivity index (χ0) is 18.4. The second-order valence-corrected chi connectivity index (χ2v) is 6.52. The molecule has 1 saturated heterocycles. The Morgan fingerprint density at radius 2 is 1.92 bits per heavy atom. The lowest BCUT2D eigenvalue weighted by molar-refractivity contribution is 0.0954. The van der Waals surface area contributed by atoms with Crippen molar-refractivity contribution in [2.24, 2.45) is 5.10 Å². The number of nitrogens with zero attached hydrogens (tertiary/aromatic N) is 3. The largest absolute Gasteiger partial charge is 0.507 e. The highest BCUT2D eigenvalue weighted by atomic mass is 16.3. The number of piperidine rings is 1. The molecule has 6 heteroatoms. The molecule has 26 heavy (non-hydrogen) atoms. The van der Waals surface area contributed by atoms with Crippen LogP contribution in [0.15, 0.2) is 47.8 Å². The number of hydrazone groups is 1. The summed E-state index contributed by atoms with van der Waals surface area (Å²) >= 11 is 0. The highest BCUT2D eigenvalue weighted by Gasteiger charge is 2.15. The average molecular weight is 352 g/mol. The number of phenolic OH excluding ortho intramolecular Hbond substituents is 1. The maximum absolute atomic E-state index is 12.1. The normalized spacial score (nSPS) is 15.7. The third-order valence-electron chi connectivity index (χ3n) is 4.62. The lowest BCUT2D eigenvalue weighted by Gasteiger charge is -2.26. The molecule has 0 bridgehead atoms. The van der Waals surface area contributed by atoms with Crippen LogP contribution < -0.4 is 5.43 Å². The Morgan fingerprint density at radius 3 is 2.65 bits per heavy atom. The molecule has 1 fully saturated rings. The summed E-state index contributed by atoms with van der Waals surface area (Å²) in [5, 5.41) is 14.8. The van der Waals surface area contributed by atoms with Crippen LogP contribution in [0, 0.1) is 0 Å². The predicted octanol–water partition coefficient (Wildman–Crippen LogP) is 2.93. The minimum absolute atomic E-state index is 0.234. The average Bonchev–Trinajstić information content (AvgIpc) is 2.69. The van der Waals surface area contributed by atoms with Gasteiger partial charge in [-0.2, -0.15) is 5.10 Å². The number of amides is 1. The quantitative estimate of drug-likeness (QED) is 0.641. The minimum atomic E-state index is -0.310. The first-order chi connectivity index (χ1) is 12.6. The van der Waals surface area contributed by atoms with E-state index >= 15 is 0 Å². The van der Waals surface area contributed by atoms with Crippen molar-refractivity contribution in [3.63, 3.8) is 0 Å². The molecule has 0 spiro atoms. The molecule has 2 aromatic rings. The molecule has 0 aliphatic carbocycles. The van der Waals surface area contributed by atoms with Crippen LogP contribution in [0.5, 0.6) is 5.75 Å². The third-order valence-corrected chi connectivity index (χ3v) is 4.62. The van der Waals surface area contributed by atoms with Gasteiger partial charge in [0.1, 0.15) is 5.75 Å². The van der Waals surface area contributed by atoms with E-state index in [4.69, 9.17) is 0 Å². The molecule has 1 aromatic heterocycles. The summed E-state index contributed by atoms with van der Waals surface area (Å²) in [6.07, 6.45) is 6.82. The summed E-state index contributed by atoms with van der Waals surface area (Å²) in [7, 11) is 0. The van der Waals surface area contributed by atoms with Crippen molar-refractivity contribution in [3.8, 4) is 5.75 Å². The number of likely N-dealkylation sites (tertiary alicyclic amines) is 1. The van der Waals surface area contributed by atoms with E-state index < -0.39 is 0 Å². The van der Waals surface area contributed by atoms with Crippen molar-refractivity contribution in [3.05, 3.63) is 59.4 Å². The summed E-state index contributed by atoms with van der Waals surface area (Å²) in [6, 6.07) is 8.91. The molecule has 0 unspecified atom stereocenters. The van der Waals surface area contributed by atoms with Crippen LogP contribution in [0.1, 0.15) is 47.7 Å². The van der Waals surface area contributed by atoms with Crippen molar-refractivity contribution in [1.29, 1.82) is 0 Å². The molecule has 0 atom stereocenters. The van der Waals surface area contributed by atoms with Gasteiger partial charge in [0.25, 0.3) is 5.91 Å². The number of pyridine rings is 1. The summed E-state index contributed by atoms with van der Waals surface area (Å²) in [4.78, 5) is 18.3. The van der Waals surface area contributed by atoms with Gasteiger partial charge in [-0.15, -0.1) is 0 Å². The van der Waals surface area contributed by atoms with Crippen LogP contribution in [0.4, 0.5) is 0 Å². The molecular formula is C20H24N4O2. The molecule has 2 N–H and O–H groups in total. The summed E-state index contributed by atoms with van der Waals surface area (Å²) in [5.41, 5.74) is 5.09. The van der Waals surface area contributed by atoms with Gasteiger partial charge in [0, 0.05) is 35.6 Å². The van der Waals surface area contributed by atoms with Gasteiger partial charge in [0.05, 0.1) is 5.71 Å². The zero-order valence-corrected chi connectivity index (χ0v) is 15.0. The maximum atomic E-state index is 12.1. The smallest absolute Gasteiger partial charge is 0.271 e. The Kier molecular flexibility index (Phi) is 5.96. The lowest BCUT2D eigenvalue weighted by Crippen LogP contribution is -2.29. The Labute approximate surface area is 153 Å². The molecule has 1 aromatic carbocycles. The van der Waals surface area contributed by atoms with Gasteiger partial charge in [-0.1, -0.05) is 18.6 Å². The van der Waals surface area contributed by atoms with Crippen molar-refractivity contribution < 1.29 is 9.90 Å². The lowest BCUT2D eigenvalue weighted by atomic mass is 10.0. The number of para-hydroxylation sites is 1. The number of aromatic nitrogens is 1. The van der Waals surface area contributed by atoms with Gasteiger partial charge in [-0.05, 0) is 51.1 Å². The van der Waals surface area contributed by atoms with E-state index in [1.165, 1.54) is 19.3 Å². The standard InChI is InChI=1S/C20H24N4O2/c1-15(22-23-20(26)16-8-10-21-11-9-16)18-7-5-6-17(19(18)25)14-24-12-3-2-4-13-24/h5-11,25H,2-4,12-14H2,1H3,(H,23,26)/b22-15+. The number of hydrogen-bond donors (Lipinski definition) is 2. The van der Waals surface area contributed by atoms with Crippen molar-refractivity contribution in [2.45, 2.75) is 32.7 Å². The number of rotatable bonds is 5. The number of carbonyl (C=O) groups excluding carboxylic acids is 1. The van der Waals surface area contributed by atoms with Crippen molar-refractivity contribution >= 4 is 11.6 Å².